The molecule has 1 heterocycles. The Labute approximate surface area is 139 Å². The minimum absolute atomic E-state index is 0.0586. The Morgan fingerprint density at radius 1 is 1.13 bits per heavy atom. The van der Waals surface area contributed by atoms with Crippen LogP contribution in [-0.4, -0.2) is 23.0 Å². The quantitative estimate of drug-likeness (QED) is 0.712. The molecule has 0 aliphatic heterocycles. The number of phenols is 1. The summed E-state index contributed by atoms with van der Waals surface area (Å²) in [4.78, 5) is 4.28. The third-order valence-electron chi connectivity index (χ3n) is 3.38. The zero-order chi connectivity index (χ0) is 16.2. The number of rotatable bonds is 4. The predicted octanol–water partition coefficient (Wildman–Crippen LogP) is 4.60. The number of hydrogen-bond acceptors (Lipinski definition) is 3. The Hall–Kier alpha value is -2.72. The number of phenolic OH excluding ortho intramolecular Hbond substituents is 1. The second-order valence-electron chi connectivity index (χ2n) is 4.94. The van der Waals surface area contributed by atoms with Crippen LogP contribution in [-0.2, 0) is 0 Å². The zero-order valence-corrected chi connectivity index (χ0v) is 13.2. The highest BCUT2D eigenvalue weighted by molar-refractivity contribution is 6.30. The number of halogens is 1. The fourth-order valence-electron chi connectivity index (χ4n) is 2.15. The van der Waals surface area contributed by atoms with Crippen molar-refractivity contribution in [2.24, 2.45) is 4.99 Å². The number of ether oxygens (including phenoxy) is 1. The van der Waals surface area contributed by atoms with Gasteiger partial charge in [0.05, 0.1) is 7.11 Å². The summed E-state index contributed by atoms with van der Waals surface area (Å²) < 4.78 is 7.14. The molecule has 4 nitrogen and oxygen atoms in total. The van der Waals surface area contributed by atoms with Gasteiger partial charge >= 0.3 is 0 Å². The number of benzene rings is 2. The number of nitrogens with zero attached hydrogens (tertiary/aromatic N) is 2. The molecule has 3 rings (SSSR count). The van der Waals surface area contributed by atoms with Crippen molar-refractivity contribution in [3.63, 3.8) is 0 Å². The number of aromatic nitrogens is 1. The Kier molecular flexibility index (Phi) is 4.35. The molecule has 23 heavy (non-hydrogen) atoms. The highest BCUT2D eigenvalue weighted by Gasteiger charge is 2.01. The van der Waals surface area contributed by atoms with Crippen LogP contribution < -0.4 is 4.74 Å². The van der Waals surface area contributed by atoms with E-state index in [1.165, 1.54) is 6.07 Å². The van der Waals surface area contributed by atoms with Crippen molar-refractivity contribution < 1.29 is 9.84 Å². The third-order valence-corrected chi connectivity index (χ3v) is 3.61. The van der Waals surface area contributed by atoms with Crippen molar-refractivity contribution in [2.75, 3.05) is 7.11 Å². The average Bonchev–Trinajstić information content (AvgIpc) is 3.03. The normalized spacial score (nSPS) is 11.0. The van der Waals surface area contributed by atoms with E-state index in [0.29, 0.717) is 10.7 Å². The lowest BCUT2D eigenvalue weighted by Crippen LogP contribution is -1.90. The van der Waals surface area contributed by atoms with E-state index >= 15 is 0 Å². The Balaban J connectivity index is 1.79. The van der Waals surface area contributed by atoms with E-state index in [-0.39, 0.29) is 5.75 Å². The molecule has 1 aromatic heterocycles. The maximum Gasteiger partial charge on any atom is 0.142 e. The van der Waals surface area contributed by atoms with Crippen molar-refractivity contribution in [2.45, 2.75) is 0 Å². The van der Waals surface area contributed by atoms with Crippen LogP contribution in [0.2, 0.25) is 5.02 Å². The standard InChI is InChI=1S/C18H15ClN2O2/c1-23-16-5-3-15(4-6-16)21-9-8-13(12-21)11-20-17-7-2-14(19)10-18(17)22/h2-12,22H,1H3. The van der Waals surface area contributed by atoms with E-state index in [1.807, 2.05) is 47.3 Å². The van der Waals surface area contributed by atoms with Gasteiger partial charge in [-0.1, -0.05) is 11.6 Å². The number of methoxy groups -OCH3 is 1. The van der Waals surface area contributed by atoms with Crippen molar-refractivity contribution in [3.05, 3.63) is 71.5 Å². The van der Waals surface area contributed by atoms with Crippen LogP contribution in [0.5, 0.6) is 11.5 Å². The van der Waals surface area contributed by atoms with Crippen molar-refractivity contribution in [1.82, 2.24) is 4.57 Å². The van der Waals surface area contributed by atoms with Crippen LogP contribution in [0.4, 0.5) is 5.69 Å². The highest BCUT2D eigenvalue weighted by Crippen LogP contribution is 2.29. The van der Waals surface area contributed by atoms with E-state index in [4.69, 9.17) is 16.3 Å². The summed E-state index contributed by atoms with van der Waals surface area (Å²) in [5, 5.41) is 10.3. The fraction of sp³-hybridized carbons (Fsp3) is 0.0556. The second-order valence-corrected chi connectivity index (χ2v) is 5.38. The molecule has 0 bridgehead atoms. The maximum atomic E-state index is 9.79. The zero-order valence-electron chi connectivity index (χ0n) is 12.5. The Morgan fingerprint density at radius 3 is 2.61 bits per heavy atom. The van der Waals surface area contributed by atoms with Gasteiger partial charge in [0.25, 0.3) is 0 Å². The summed E-state index contributed by atoms with van der Waals surface area (Å²) in [6.45, 7) is 0. The Bertz CT molecular complexity index is 838. The summed E-state index contributed by atoms with van der Waals surface area (Å²) in [6, 6.07) is 14.6. The molecule has 1 N–H and O–H groups in total. The first-order valence-corrected chi connectivity index (χ1v) is 7.38. The van der Waals surface area contributed by atoms with Crippen LogP contribution >= 0.6 is 11.6 Å². The minimum Gasteiger partial charge on any atom is -0.506 e. The first kappa shape index (κ1) is 15.2. The molecule has 2 aromatic carbocycles. The van der Waals surface area contributed by atoms with E-state index in [2.05, 4.69) is 4.99 Å². The van der Waals surface area contributed by atoms with Crippen LogP contribution in [0.15, 0.2) is 65.9 Å². The molecule has 5 heteroatoms. The van der Waals surface area contributed by atoms with Crippen molar-refractivity contribution >= 4 is 23.5 Å². The number of aliphatic imine (C=N–C) groups is 1. The van der Waals surface area contributed by atoms with Crippen LogP contribution in [0, 0.1) is 0 Å². The van der Waals surface area contributed by atoms with Gasteiger partial charge in [0.1, 0.15) is 17.2 Å². The molecule has 0 atom stereocenters. The molecular weight excluding hydrogens is 312 g/mol. The van der Waals surface area contributed by atoms with Gasteiger partial charge < -0.3 is 14.4 Å². The van der Waals surface area contributed by atoms with Crippen LogP contribution in [0.3, 0.4) is 0 Å². The van der Waals surface area contributed by atoms with Gasteiger partial charge in [0, 0.05) is 40.9 Å². The van der Waals surface area contributed by atoms with Crippen molar-refractivity contribution in [1.29, 1.82) is 0 Å². The highest BCUT2D eigenvalue weighted by atomic mass is 35.5. The summed E-state index contributed by atoms with van der Waals surface area (Å²) in [6.07, 6.45) is 5.60. The fourth-order valence-corrected chi connectivity index (χ4v) is 2.32. The monoisotopic (exact) mass is 326 g/mol. The van der Waals surface area contributed by atoms with Crippen LogP contribution in [0.25, 0.3) is 5.69 Å². The lowest BCUT2D eigenvalue weighted by Gasteiger charge is -2.04. The molecule has 0 aliphatic carbocycles. The maximum absolute atomic E-state index is 9.79. The summed E-state index contributed by atoms with van der Waals surface area (Å²) in [5.74, 6) is 0.879. The molecule has 0 fully saturated rings. The van der Waals surface area contributed by atoms with E-state index in [0.717, 1.165) is 17.0 Å². The predicted molar refractivity (Wildman–Crippen MR) is 92.7 cm³/mol. The van der Waals surface area contributed by atoms with Crippen LogP contribution in [0.1, 0.15) is 5.56 Å². The topological polar surface area (TPSA) is 46.8 Å². The molecule has 0 spiro atoms. The first-order chi connectivity index (χ1) is 11.2. The molecule has 116 valence electrons. The Morgan fingerprint density at radius 2 is 1.91 bits per heavy atom. The number of hydrogen-bond donors (Lipinski definition) is 1. The molecule has 3 aromatic rings. The van der Waals surface area contributed by atoms with Gasteiger partial charge in [-0.15, -0.1) is 0 Å². The lowest BCUT2D eigenvalue weighted by molar-refractivity contribution is 0.415. The van der Waals surface area contributed by atoms with Gasteiger partial charge in [-0.25, -0.2) is 0 Å². The molecule has 0 amide bonds. The largest absolute Gasteiger partial charge is 0.506 e. The first-order valence-electron chi connectivity index (χ1n) is 7.01. The van der Waals surface area contributed by atoms with E-state index < -0.39 is 0 Å². The van der Waals surface area contributed by atoms with Gasteiger partial charge in [0.15, 0.2) is 0 Å². The lowest BCUT2D eigenvalue weighted by atomic mass is 10.3. The molecule has 0 aliphatic rings. The molecule has 0 saturated carbocycles. The van der Waals surface area contributed by atoms with E-state index in [9.17, 15) is 5.11 Å². The molecule has 0 saturated heterocycles. The van der Waals surface area contributed by atoms with Gasteiger partial charge in [0.2, 0.25) is 0 Å². The van der Waals surface area contributed by atoms with Gasteiger partial charge in [-0.2, -0.15) is 0 Å². The smallest absolute Gasteiger partial charge is 0.142 e. The van der Waals surface area contributed by atoms with Crippen molar-refractivity contribution in [3.8, 4) is 17.2 Å². The van der Waals surface area contributed by atoms with E-state index in [1.54, 1.807) is 25.5 Å². The summed E-state index contributed by atoms with van der Waals surface area (Å²) in [5.41, 5.74) is 2.43. The molecule has 0 unspecified atom stereocenters. The SMILES string of the molecule is COc1ccc(-n2ccc(C=Nc3ccc(Cl)cc3O)c2)cc1. The van der Waals surface area contributed by atoms with Gasteiger partial charge in [-0.05, 0) is 42.5 Å². The number of aromatic hydroxyl groups is 1. The summed E-state index contributed by atoms with van der Waals surface area (Å²) >= 11 is 5.80. The minimum atomic E-state index is 0.0586. The third kappa shape index (κ3) is 3.55. The summed E-state index contributed by atoms with van der Waals surface area (Å²) in [7, 11) is 1.64. The molecular formula is C18H15ClN2O2. The average molecular weight is 327 g/mol. The second kappa shape index (κ2) is 6.58. The van der Waals surface area contributed by atoms with Gasteiger partial charge in [-0.3, -0.25) is 4.99 Å². The molecule has 0 radical (unpaired) electrons.